The molecule has 0 aromatic heterocycles. The lowest BCUT2D eigenvalue weighted by Gasteiger charge is -2.27. The van der Waals surface area contributed by atoms with Crippen LogP contribution in [0.4, 0.5) is 5.69 Å². The van der Waals surface area contributed by atoms with E-state index in [1.807, 2.05) is 0 Å². The Kier molecular flexibility index (Phi) is 4.30. The van der Waals surface area contributed by atoms with E-state index in [0.29, 0.717) is 22.9 Å². The molecule has 104 valence electrons. The van der Waals surface area contributed by atoms with Gasteiger partial charge in [-0.2, -0.15) is 0 Å². The molecule has 1 fully saturated rings. The predicted molar refractivity (Wildman–Crippen MR) is 74.2 cm³/mol. The molecule has 0 bridgehead atoms. The maximum atomic E-state index is 11.6. The number of nitrogen functional groups attached to an aromatic ring is 1. The Labute approximate surface area is 113 Å². The van der Waals surface area contributed by atoms with Gasteiger partial charge >= 0.3 is 5.97 Å². The second kappa shape index (κ2) is 5.95. The van der Waals surface area contributed by atoms with Crippen LogP contribution in [0, 0.1) is 5.92 Å². The van der Waals surface area contributed by atoms with Gasteiger partial charge in [-0.05, 0) is 43.4 Å². The molecule has 0 aliphatic heterocycles. The molecular weight excluding hydrogens is 242 g/mol. The van der Waals surface area contributed by atoms with Gasteiger partial charge in [-0.3, -0.25) is 0 Å². The lowest BCUT2D eigenvalue weighted by molar-refractivity contribution is 0.0600. The normalized spacial score (nSPS) is 22.8. The van der Waals surface area contributed by atoms with Gasteiger partial charge in [-0.25, -0.2) is 4.79 Å². The minimum atomic E-state index is -0.431. The van der Waals surface area contributed by atoms with Crippen molar-refractivity contribution in [3.05, 3.63) is 23.8 Å². The number of carbonyl (C=O) groups is 1. The molecule has 0 saturated heterocycles. The third-order valence-electron chi connectivity index (χ3n) is 3.62. The molecule has 2 unspecified atom stereocenters. The van der Waals surface area contributed by atoms with E-state index in [1.54, 1.807) is 18.2 Å². The minimum Gasteiger partial charge on any atom is -0.490 e. The van der Waals surface area contributed by atoms with E-state index in [9.17, 15) is 4.79 Å². The average Bonchev–Trinajstić information content (AvgIpc) is 2.40. The van der Waals surface area contributed by atoms with Gasteiger partial charge in [-0.1, -0.05) is 13.3 Å². The third-order valence-corrected chi connectivity index (χ3v) is 3.62. The summed E-state index contributed by atoms with van der Waals surface area (Å²) in [5, 5.41) is 0. The van der Waals surface area contributed by atoms with Crippen LogP contribution in [0.15, 0.2) is 18.2 Å². The number of rotatable bonds is 3. The first-order valence-electron chi connectivity index (χ1n) is 6.74. The van der Waals surface area contributed by atoms with E-state index in [-0.39, 0.29) is 6.10 Å². The first-order valence-corrected chi connectivity index (χ1v) is 6.74. The highest BCUT2D eigenvalue weighted by Crippen LogP contribution is 2.28. The molecule has 1 aromatic carbocycles. The molecule has 1 saturated carbocycles. The molecule has 2 rings (SSSR count). The number of hydrogen-bond acceptors (Lipinski definition) is 4. The number of carbonyl (C=O) groups excluding carboxylic acids is 1. The summed E-state index contributed by atoms with van der Waals surface area (Å²) in [6.07, 6.45) is 4.85. The molecular formula is C15H21NO3. The maximum absolute atomic E-state index is 11.6. The summed E-state index contributed by atoms with van der Waals surface area (Å²) >= 11 is 0. The Morgan fingerprint density at radius 1 is 1.37 bits per heavy atom. The summed E-state index contributed by atoms with van der Waals surface area (Å²) in [6.45, 7) is 2.25. The van der Waals surface area contributed by atoms with E-state index in [0.717, 1.165) is 12.8 Å². The number of hydrogen-bond donors (Lipinski definition) is 1. The van der Waals surface area contributed by atoms with Gasteiger partial charge in [0.15, 0.2) is 0 Å². The van der Waals surface area contributed by atoms with Crippen LogP contribution < -0.4 is 10.5 Å². The second-order valence-corrected chi connectivity index (χ2v) is 5.25. The largest absolute Gasteiger partial charge is 0.490 e. The molecule has 2 N–H and O–H groups in total. The molecule has 0 spiro atoms. The van der Waals surface area contributed by atoms with Crippen LogP contribution in [0.3, 0.4) is 0 Å². The first kappa shape index (κ1) is 13.7. The highest BCUT2D eigenvalue weighted by Gasteiger charge is 2.21. The van der Waals surface area contributed by atoms with E-state index in [4.69, 9.17) is 15.2 Å². The van der Waals surface area contributed by atoms with E-state index < -0.39 is 5.97 Å². The zero-order valence-corrected chi connectivity index (χ0v) is 11.5. The van der Waals surface area contributed by atoms with E-state index in [2.05, 4.69) is 6.92 Å². The highest BCUT2D eigenvalue weighted by molar-refractivity contribution is 5.95. The molecule has 1 aliphatic carbocycles. The zero-order valence-electron chi connectivity index (χ0n) is 11.5. The van der Waals surface area contributed by atoms with Crippen molar-refractivity contribution in [2.24, 2.45) is 5.92 Å². The molecule has 2 atom stereocenters. The molecule has 1 aliphatic rings. The fourth-order valence-electron chi connectivity index (χ4n) is 2.57. The summed E-state index contributed by atoms with van der Waals surface area (Å²) in [5.74, 6) is 0.960. The Balaban J connectivity index is 2.10. The fraction of sp³-hybridized carbons (Fsp3) is 0.533. The van der Waals surface area contributed by atoms with Gasteiger partial charge in [0.2, 0.25) is 0 Å². The van der Waals surface area contributed by atoms with Crippen LogP contribution in [0.1, 0.15) is 43.0 Å². The van der Waals surface area contributed by atoms with Crippen LogP contribution in [-0.2, 0) is 4.74 Å². The van der Waals surface area contributed by atoms with Crippen molar-refractivity contribution in [2.45, 2.75) is 38.7 Å². The summed E-state index contributed by atoms with van der Waals surface area (Å²) in [7, 11) is 1.35. The van der Waals surface area contributed by atoms with Gasteiger partial charge in [0, 0.05) is 5.69 Å². The van der Waals surface area contributed by atoms with Gasteiger partial charge in [0.25, 0.3) is 0 Å². The lowest BCUT2D eigenvalue weighted by atomic mass is 9.89. The minimum absolute atomic E-state index is 0.234. The summed E-state index contributed by atoms with van der Waals surface area (Å²) in [5.41, 5.74) is 6.54. The molecule has 4 nitrogen and oxygen atoms in total. The van der Waals surface area contributed by atoms with Crippen molar-refractivity contribution in [1.82, 2.24) is 0 Å². The van der Waals surface area contributed by atoms with Crippen molar-refractivity contribution in [3.63, 3.8) is 0 Å². The van der Waals surface area contributed by atoms with Crippen molar-refractivity contribution < 1.29 is 14.3 Å². The highest BCUT2D eigenvalue weighted by atomic mass is 16.5. The number of anilines is 1. The van der Waals surface area contributed by atoms with Crippen LogP contribution in [0.25, 0.3) is 0 Å². The predicted octanol–water partition coefficient (Wildman–Crippen LogP) is 3.01. The van der Waals surface area contributed by atoms with E-state index >= 15 is 0 Å². The van der Waals surface area contributed by atoms with Gasteiger partial charge < -0.3 is 15.2 Å². The fourth-order valence-corrected chi connectivity index (χ4v) is 2.57. The molecule has 19 heavy (non-hydrogen) atoms. The Bertz CT molecular complexity index is 459. The van der Waals surface area contributed by atoms with Crippen molar-refractivity contribution in [3.8, 4) is 5.75 Å². The topological polar surface area (TPSA) is 61.5 Å². The molecule has 4 heteroatoms. The maximum Gasteiger partial charge on any atom is 0.340 e. The van der Waals surface area contributed by atoms with E-state index in [1.165, 1.54) is 20.0 Å². The van der Waals surface area contributed by atoms with Crippen molar-refractivity contribution >= 4 is 11.7 Å². The molecule has 1 aromatic rings. The molecule has 0 amide bonds. The van der Waals surface area contributed by atoms with Gasteiger partial charge in [0.05, 0.1) is 18.8 Å². The van der Waals surface area contributed by atoms with Crippen molar-refractivity contribution in [2.75, 3.05) is 12.8 Å². The lowest BCUT2D eigenvalue weighted by Crippen LogP contribution is -2.24. The summed E-state index contributed by atoms with van der Waals surface area (Å²) in [6, 6.07) is 5.16. The molecule has 0 heterocycles. The van der Waals surface area contributed by atoms with Crippen LogP contribution in [-0.4, -0.2) is 19.2 Å². The summed E-state index contributed by atoms with van der Waals surface area (Å²) < 4.78 is 10.7. The quantitative estimate of drug-likeness (QED) is 0.672. The Morgan fingerprint density at radius 3 is 2.84 bits per heavy atom. The Hall–Kier alpha value is -1.71. The van der Waals surface area contributed by atoms with Crippen LogP contribution in [0.2, 0.25) is 0 Å². The number of nitrogens with two attached hydrogens (primary N) is 1. The molecule has 0 radical (unpaired) electrons. The van der Waals surface area contributed by atoms with Gasteiger partial charge in [-0.15, -0.1) is 0 Å². The smallest absolute Gasteiger partial charge is 0.340 e. The monoisotopic (exact) mass is 263 g/mol. The zero-order chi connectivity index (χ0) is 13.8. The summed E-state index contributed by atoms with van der Waals surface area (Å²) in [4.78, 5) is 11.6. The number of ether oxygens (including phenoxy) is 2. The number of methoxy groups -OCH3 is 1. The SMILES string of the molecule is COC(=O)c1cc(OC2CCCC(C)C2)ccc1N. The average molecular weight is 263 g/mol. The second-order valence-electron chi connectivity index (χ2n) is 5.25. The standard InChI is InChI=1S/C15H21NO3/c1-10-4-3-5-11(8-10)19-12-6-7-14(16)13(9-12)15(17)18-2/h6-7,9-11H,3-5,8,16H2,1-2H3. The first-order chi connectivity index (χ1) is 9.10. The van der Waals surface area contributed by atoms with Crippen LogP contribution in [0.5, 0.6) is 5.75 Å². The number of benzene rings is 1. The third kappa shape index (κ3) is 3.40. The Morgan fingerprint density at radius 2 is 2.16 bits per heavy atom. The van der Waals surface area contributed by atoms with Gasteiger partial charge in [0.1, 0.15) is 5.75 Å². The van der Waals surface area contributed by atoms with Crippen LogP contribution >= 0.6 is 0 Å². The number of esters is 1. The van der Waals surface area contributed by atoms with Crippen molar-refractivity contribution in [1.29, 1.82) is 0 Å².